The number of benzene rings is 1. The van der Waals surface area contributed by atoms with E-state index in [0.29, 0.717) is 5.69 Å². The number of nitrogens with two attached hydrogens (primary N) is 1. The van der Waals surface area contributed by atoms with E-state index in [0.717, 1.165) is 16.3 Å². The van der Waals surface area contributed by atoms with Crippen molar-refractivity contribution in [3.63, 3.8) is 0 Å². The quantitative estimate of drug-likeness (QED) is 0.744. The topological polar surface area (TPSA) is 59.1 Å². The zero-order chi connectivity index (χ0) is 11.1. The van der Waals surface area contributed by atoms with E-state index in [4.69, 9.17) is 5.73 Å². The van der Waals surface area contributed by atoms with Gasteiger partial charge >= 0.3 is 0 Å². The number of anilines is 1. The van der Waals surface area contributed by atoms with E-state index < -0.39 is 5.60 Å². The highest BCUT2D eigenvalue weighted by Crippen LogP contribution is 2.31. The first-order chi connectivity index (χ1) is 7.00. The molecule has 78 valence electrons. The maximum absolute atomic E-state index is 10.0. The van der Waals surface area contributed by atoms with Gasteiger partial charge < -0.3 is 10.8 Å². The van der Waals surface area contributed by atoms with Crippen molar-refractivity contribution >= 4 is 16.5 Å². The third kappa shape index (κ3) is 1.66. The van der Waals surface area contributed by atoms with Gasteiger partial charge in [0.25, 0.3) is 0 Å². The lowest BCUT2D eigenvalue weighted by atomic mass is 9.93. The van der Waals surface area contributed by atoms with Crippen molar-refractivity contribution in [2.75, 3.05) is 5.73 Å². The number of aromatic nitrogens is 1. The van der Waals surface area contributed by atoms with Gasteiger partial charge in [-0.2, -0.15) is 0 Å². The number of fused-ring (bicyclic) bond motifs is 1. The highest BCUT2D eigenvalue weighted by molar-refractivity contribution is 5.95. The Hall–Kier alpha value is -1.61. The average molecular weight is 202 g/mol. The summed E-state index contributed by atoms with van der Waals surface area (Å²) in [5, 5.41) is 11.9. The lowest BCUT2D eigenvalue weighted by Crippen LogP contribution is -2.16. The average Bonchev–Trinajstić information content (AvgIpc) is 2.16. The van der Waals surface area contributed by atoms with E-state index in [1.807, 2.05) is 18.2 Å². The van der Waals surface area contributed by atoms with Gasteiger partial charge in [0.1, 0.15) is 0 Å². The third-order valence-electron chi connectivity index (χ3n) is 2.47. The van der Waals surface area contributed by atoms with Crippen molar-refractivity contribution in [1.82, 2.24) is 4.98 Å². The first-order valence-corrected chi connectivity index (χ1v) is 4.85. The van der Waals surface area contributed by atoms with E-state index >= 15 is 0 Å². The molecule has 2 aromatic rings. The van der Waals surface area contributed by atoms with Gasteiger partial charge in [-0.3, -0.25) is 4.98 Å². The van der Waals surface area contributed by atoms with Crippen molar-refractivity contribution < 1.29 is 5.11 Å². The highest BCUT2D eigenvalue weighted by atomic mass is 16.3. The summed E-state index contributed by atoms with van der Waals surface area (Å²) in [7, 11) is 0. The minimum absolute atomic E-state index is 0.602. The Morgan fingerprint density at radius 3 is 2.67 bits per heavy atom. The summed E-state index contributed by atoms with van der Waals surface area (Å²) < 4.78 is 0. The molecule has 0 aliphatic carbocycles. The predicted octanol–water partition coefficient (Wildman–Crippen LogP) is 2.04. The Labute approximate surface area is 88.6 Å². The Bertz CT molecular complexity index is 495. The van der Waals surface area contributed by atoms with Crippen LogP contribution in [0.3, 0.4) is 0 Å². The molecule has 0 radical (unpaired) electrons. The molecule has 3 N–H and O–H groups in total. The molecule has 1 aromatic heterocycles. The number of hydrogen-bond donors (Lipinski definition) is 2. The van der Waals surface area contributed by atoms with Crippen LogP contribution < -0.4 is 5.73 Å². The van der Waals surface area contributed by atoms with Gasteiger partial charge in [-0.05, 0) is 19.4 Å². The zero-order valence-corrected chi connectivity index (χ0v) is 8.86. The third-order valence-corrected chi connectivity index (χ3v) is 2.47. The Balaban J connectivity index is 2.86. The minimum atomic E-state index is -0.894. The van der Waals surface area contributed by atoms with Crippen molar-refractivity contribution in [1.29, 1.82) is 0 Å². The lowest BCUT2D eigenvalue weighted by Gasteiger charge is -2.20. The number of nitrogen functional groups attached to an aromatic ring is 1. The molecule has 1 heterocycles. The molecular formula is C12H14N2O. The van der Waals surface area contributed by atoms with Crippen LogP contribution in [0.1, 0.15) is 19.4 Å². The van der Waals surface area contributed by atoms with Gasteiger partial charge in [-0.25, -0.2) is 0 Å². The second kappa shape index (κ2) is 3.21. The fraction of sp³-hybridized carbons (Fsp3) is 0.250. The van der Waals surface area contributed by atoms with Crippen LogP contribution in [0.2, 0.25) is 0 Å². The molecule has 0 atom stereocenters. The Morgan fingerprint density at radius 2 is 2.00 bits per heavy atom. The number of nitrogens with zero attached hydrogens (tertiary/aromatic N) is 1. The van der Waals surface area contributed by atoms with E-state index in [9.17, 15) is 5.11 Å². The molecule has 2 rings (SSSR count). The maximum Gasteiger partial charge on any atom is 0.0847 e. The number of pyridine rings is 1. The van der Waals surface area contributed by atoms with E-state index in [1.165, 1.54) is 0 Å². The van der Waals surface area contributed by atoms with Crippen LogP contribution in [0.4, 0.5) is 5.69 Å². The molecule has 0 spiro atoms. The minimum Gasteiger partial charge on any atom is -0.397 e. The van der Waals surface area contributed by atoms with E-state index in [2.05, 4.69) is 4.98 Å². The summed E-state index contributed by atoms with van der Waals surface area (Å²) in [6, 6.07) is 5.73. The summed E-state index contributed by atoms with van der Waals surface area (Å²) >= 11 is 0. The number of rotatable bonds is 1. The first-order valence-electron chi connectivity index (χ1n) is 4.85. The molecule has 1 aromatic carbocycles. The Kier molecular flexibility index (Phi) is 2.12. The van der Waals surface area contributed by atoms with Crippen LogP contribution in [0.15, 0.2) is 30.6 Å². The van der Waals surface area contributed by atoms with Crippen LogP contribution in [0.25, 0.3) is 10.8 Å². The fourth-order valence-corrected chi connectivity index (χ4v) is 1.77. The summed E-state index contributed by atoms with van der Waals surface area (Å²) in [4.78, 5) is 4.03. The maximum atomic E-state index is 10.0. The smallest absolute Gasteiger partial charge is 0.0847 e. The summed E-state index contributed by atoms with van der Waals surface area (Å²) in [6.45, 7) is 3.50. The second-order valence-electron chi connectivity index (χ2n) is 4.19. The zero-order valence-electron chi connectivity index (χ0n) is 8.86. The van der Waals surface area contributed by atoms with Gasteiger partial charge in [-0.1, -0.05) is 18.2 Å². The molecule has 15 heavy (non-hydrogen) atoms. The standard InChI is InChI=1S/C12H14N2O/c1-12(2,15)9-5-3-4-8-6-14-7-10(13)11(8)9/h3-7,15H,13H2,1-2H3. The van der Waals surface area contributed by atoms with Crippen molar-refractivity contribution in [2.24, 2.45) is 0 Å². The van der Waals surface area contributed by atoms with Crippen LogP contribution >= 0.6 is 0 Å². The number of aliphatic hydroxyl groups is 1. The van der Waals surface area contributed by atoms with Crippen molar-refractivity contribution in [2.45, 2.75) is 19.4 Å². The molecule has 0 unspecified atom stereocenters. The molecule has 0 amide bonds. The second-order valence-corrected chi connectivity index (χ2v) is 4.19. The first kappa shape index (κ1) is 9.93. The predicted molar refractivity (Wildman–Crippen MR) is 61.4 cm³/mol. The molecule has 0 saturated carbocycles. The van der Waals surface area contributed by atoms with Gasteiger partial charge in [0.05, 0.1) is 17.5 Å². The number of hydrogen-bond acceptors (Lipinski definition) is 3. The molecule has 3 nitrogen and oxygen atoms in total. The monoisotopic (exact) mass is 202 g/mol. The van der Waals surface area contributed by atoms with Crippen molar-refractivity contribution in [3.05, 3.63) is 36.2 Å². The normalized spacial score (nSPS) is 11.9. The molecular weight excluding hydrogens is 188 g/mol. The molecule has 0 aliphatic heterocycles. The summed E-state index contributed by atoms with van der Waals surface area (Å²) in [5.74, 6) is 0. The lowest BCUT2D eigenvalue weighted by molar-refractivity contribution is 0.0802. The fourth-order valence-electron chi connectivity index (χ4n) is 1.77. The van der Waals surface area contributed by atoms with Crippen molar-refractivity contribution in [3.8, 4) is 0 Å². The molecule has 0 saturated heterocycles. The molecule has 3 heteroatoms. The van der Waals surface area contributed by atoms with Gasteiger partial charge in [0.15, 0.2) is 0 Å². The van der Waals surface area contributed by atoms with Gasteiger partial charge in [0, 0.05) is 17.0 Å². The molecule has 0 fully saturated rings. The van der Waals surface area contributed by atoms with E-state index in [1.54, 1.807) is 26.2 Å². The molecule has 0 aliphatic rings. The van der Waals surface area contributed by atoms with Crippen LogP contribution in [0, 0.1) is 0 Å². The Morgan fingerprint density at radius 1 is 1.27 bits per heavy atom. The summed E-state index contributed by atoms with van der Waals surface area (Å²) in [5.41, 5.74) is 6.42. The van der Waals surface area contributed by atoms with Gasteiger partial charge in [0.2, 0.25) is 0 Å². The summed E-state index contributed by atoms with van der Waals surface area (Å²) in [6.07, 6.45) is 3.36. The van der Waals surface area contributed by atoms with E-state index in [-0.39, 0.29) is 0 Å². The van der Waals surface area contributed by atoms with Crippen LogP contribution in [0.5, 0.6) is 0 Å². The SMILES string of the molecule is CC(C)(O)c1cccc2cncc(N)c12. The van der Waals surface area contributed by atoms with Crippen LogP contribution in [-0.2, 0) is 5.60 Å². The molecule has 0 bridgehead atoms. The van der Waals surface area contributed by atoms with Gasteiger partial charge in [-0.15, -0.1) is 0 Å². The highest BCUT2D eigenvalue weighted by Gasteiger charge is 2.19. The van der Waals surface area contributed by atoms with Crippen LogP contribution in [-0.4, -0.2) is 10.1 Å². The largest absolute Gasteiger partial charge is 0.397 e.